The van der Waals surface area contributed by atoms with E-state index in [0.717, 1.165) is 5.69 Å². The Hall–Kier alpha value is -1.36. The van der Waals surface area contributed by atoms with Crippen LogP contribution in [0.15, 0.2) is 30.6 Å². The minimum atomic E-state index is 0.0386. The molecule has 0 atom stereocenters. The van der Waals surface area contributed by atoms with Gasteiger partial charge in [0.05, 0.1) is 28.1 Å². The van der Waals surface area contributed by atoms with E-state index in [1.54, 1.807) is 30.6 Å². The molecule has 0 amide bonds. The van der Waals surface area contributed by atoms with E-state index in [9.17, 15) is 0 Å². The van der Waals surface area contributed by atoms with E-state index >= 15 is 0 Å². The Morgan fingerprint density at radius 1 is 1.10 bits per heavy atom. The maximum absolute atomic E-state index is 5.93. The highest BCUT2D eigenvalue weighted by molar-refractivity contribution is 6.42. The lowest BCUT2D eigenvalue weighted by atomic mass is 10.1. The third-order valence-electron chi connectivity index (χ3n) is 2.59. The highest BCUT2D eigenvalue weighted by Gasteiger charge is 2.09. The van der Waals surface area contributed by atoms with Gasteiger partial charge in [-0.05, 0) is 32.9 Å². The molecule has 6 heteroatoms. The van der Waals surface area contributed by atoms with Crippen LogP contribution in [0.2, 0.25) is 10.0 Å². The molecule has 112 valence electrons. The second-order valence-corrected chi connectivity index (χ2v) is 6.44. The van der Waals surface area contributed by atoms with Crippen molar-refractivity contribution in [3.05, 3.63) is 46.3 Å². The first-order valence-electron chi connectivity index (χ1n) is 6.52. The maximum atomic E-state index is 5.93. The largest absolute Gasteiger partial charge is 0.437 e. The van der Waals surface area contributed by atoms with Gasteiger partial charge in [-0.15, -0.1) is 0 Å². The van der Waals surface area contributed by atoms with Crippen molar-refractivity contribution in [1.29, 1.82) is 0 Å². The van der Waals surface area contributed by atoms with Crippen molar-refractivity contribution in [2.45, 2.75) is 32.9 Å². The molecule has 21 heavy (non-hydrogen) atoms. The molecule has 0 bridgehead atoms. The Bertz CT molecular complexity index is 609. The predicted molar refractivity (Wildman–Crippen MR) is 85.2 cm³/mol. The van der Waals surface area contributed by atoms with E-state index in [4.69, 9.17) is 27.9 Å². The molecule has 1 aromatic heterocycles. The Morgan fingerprint density at radius 3 is 2.43 bits per heavy atom. The average molecular weight is 326 g/mol. The molecular formula is C15H17Cl2N3O. The SMILES string of the molecule is CC(C)(C)NCc1cnc(Oc2ccc(Cl)c(Cl)c2)cn1. The zero-order valence-electron chi connectivity index (χ0n) is 12.2. The summed E-state index contributed by atoms with van der Waals surface area (Å²) in [6.45, 7) is 6.95. The van der Waals surface area contributed by atoms with Crippen molar-refractivity contribution in [3.8, 4) is 11.6 Å². The zero-order chi connectivity index (χ0) is 15.5. The van der Waals surface area contributed by atoms with Crippen LogP contribution in [-0.2, 0) is 6.54 Å². The van der Waals surface area contributed by atoms with Crippen LogP contribution in [0.25, 0.3) is 0 Å². The normalized spacial score (nSPS) is 11.5. The third-order valence-corrected chi connectivity index (χ3v) is 3.33. The topological polar surface area (TPSA) is 47.0 Å². The van der Waals surface area contributed by atoms with Crippen LogP contribution in [0.1, 0.15) is 26.5 Å². The summed E-state index contributed by atoms with van der Waals surface area (Å²) in [6.07, 6.45) is 3.27. The molecule has 0 radical (unpaired) electrons. The molecule has 1 N–H and O–H groups in total. The average Bonchev–Trinajstić information content (AvgIpc) is 2.41. The number of halogens is 2. The van der Waals surface area contributed by atoms with Crippen molar-refractivity contribution in [2.24, 2.45) is 0 Å². The Balaban J connectivity index is 2.00. The van der Waals surface area contributed by atoms with Crippen molar-refractivity contribution in [2.75, 3.05) is 0 Å². The molecule has 0 saturated carbocycles. The van der Waals surface area contributed by atoms with Crippen molar-refractivity contribution < 1.29 is 4.74 Å². The molecule has 2 aromatic rings. The summed E-state index contributed by atoms with van der Waals surface area (Å²) in [5, 5.41) is 4.27. The quantitative estimate of drug-likeness (QED) is 0.901. The van der Waals surface area contributed by atoms with Gasteiger partial charge < -0.3 is 10.1 Å². The van der Waals surface area contributed by atoms with Gasteiger partial charge in [-0.2, -0.15) is 0 Å². The number of benzene rings is 1. The molecule has 1 heterocycles. The molecule has 0 aliphatic carbocycles. The smallest absolute Gasteiger partial charge is 0.237 e. The minimum absolute atomic E-state index is 0.0386. The van der Waals surface area contributed by atoms with Crippen LogP contribution in [0.5, 0.6) is 11.6 Å². The van der Waals surface area contributed by atoms with Crippen LogP contribution in [0, 0.1) is 0 Å². The summed E-state index contributed by atoms with van der Waals surface area (Å²) >= 11 is 11.8. The fourth-order valence-corrected chi connectivity index (χ4v) is 1.79. The number of aromatic nitrogens is 2. The van der Waals surface area contributed by atoms with Gasteiger partial charge in [0, 0.05) is 18.2 Å². The summed E-state index contributed by atoms with van der Waals surface area (Å²) in [6, 6.07) is 5.04. The van der Waals surface area contributed by atoms with Crippen molar-refractivity contribution in [1.82, 2.24) is 15.3 Å². The standard InChI is InChI=1S/C15H17Cl2N3O/c1-15(2,3)20-8-10-7-19-14(9-18-10)21-11-4-5-12(16)13(17)6-11/h4-7,9,20H,8H2,1-3H3. The van der Waals surface area contributed by atoms with Crippen molar-refractivity contribution in [3.63, 3.8) is 0 Å². The van der Waals surface area contributed by atoms with Gasteiger partial charge in [0.1, 0.15) is 5.75 Å². The first-order valence-corrected chi connectivity index (χ1v) is 7.28. The molecule has 0 aliphatic rings. The monoisotopic (exact) mass is 325 g/mol. The molecule has 2 rings (SSSR count). The van der Waals surface area contributed by atoms with E-state index in [2.05, 4.69) is 36.1 Å². The lowest BCUT2D eigenvalue weighted by Gasteiger charge is -2.19. The van der Waals surface area contributed by atoms with E-state index in [0.29, 0.717) is 28.2 Å². The van der Waals surface area contributed by atoms with Gasteiger partial charge >= 0.3 is 0 Å². The first kappa shape index (κ1) is 16.0. The van der Waals surface area contributed by atoms with Crippen molar-refractivity contribution >= 4 is 23.2 Å². The lowest BCUT2D eigenvalue weighted by molar-refractivity contribution is 0.418. The highest BCUT2D eigenvalue weighted by Crippen LogP contribution is 2.28. The van der Waals surface area contributed by atoms with Gasteiger partial charge in [0.25, 0.3) is 0 Å². The second kappa shape index (κ2) is 6.60. The molecule has 1 aromatic carbocycles. The molecule has 0 aliphatic heterocycles. The Labute approximate surface area is 134 Å². The van der Waals surface area contributed by atoms with Crippen LogP contribution in [-0.4, -0.2) is 15.5 Å². The molecule has 0 unspecified atom stereocenters. The van der Waals surface area contributed by atoms with E-state index in [-0.39, 0.29) is 5.54 Å². The number of ether oxygens (including phenoxy) is 1. The van der Waals surface area contributed by atoms with Crippen LogP contribution >= 0.6 is 23.2 Å². The molecule has 0 spiro atoms. The van der Waals surface area contributed by atoms with Gasteiger partial charge in [-0.1, -0.05) is 23.2 Å². The summed E-state index contributed by atoms with van der Waals surface area (Å²) < 4.78 is 5.58. The number of nitrogens with one attached hydrogen (secondary N) is 1. The number of hydrogen-bond acceptors (Lipinski definition) is 4. The Morgan fingerprint density at radius 2 is 1.86 bits per heavy atom. The molecule has 0 saturated heterocycles. The summed E-state index contributed by atoms with van der Waals surface area (Å²) in [5.74, 6) is 0.979. The Kier molecular flexibility index (Phi) is 5.04. The third kappa shape index (κ3) is 5.16. The summed E-state index contributed by atoms with van der Waals surface area (Å²) in [5.41, 5.74) is 0.892. The maximum Gasteiger partial charge on any atom is 0.237 e. The molecular weight excluding hydrogens is 309 g/mol. The number of rotatable bonds is 4. The lowest BCUT2D eigenvalue weighted by Crippen LogP contribution is -2.35. The van der Waals surface area contributed by atoms with E-state index in [1.807, 2.05) is 0 Å². The number of nitrogens with zero attached hydrogens (tertiary/aromatic N) is 2. The van der Waals surface area contributed by atoms with E-state index < -0.39 is 0 Å². The van der Waals surface area contributed by atoms with Crippen LogP contribution in [0.4, 0.5) is 0 Å². The van der Waals surface area contributed by atoms with Gasteiger partial charge in [0.2, 0.25) is 5.88 Å². The highest BCUT2D eigenvalue weighted by atomic mass is 35.5. The predicted octanol–water partition coefficient (Wildman–Crippen LogP) is 4.46. The van der Waals surface area contributed by atoms with Crippen LogP contribution < -0.4 is 10.1 Å². The molecule has 4 nitrogen and oxygen atoms in total. The fraction of sp³-hybridized carbons (Fsp3) is 0.333. The number of hydrogen-bond donors (Lipinski definition) is 1. The van der Waals surface area contributed by atoms with Gasteiger partial charge in [-0.3, -0.25) is 4.98 Å². The van der Waals surface area contributed by atoms with Gasteiger partial charge in [-0.25, -0.2) is 4.98 Å². The first-order chi connectivity index (χ1) is 9.83. The molecule has 0 fully saturated rings. The second-order valence-electron chi connectivity index (χ2n) is 5.63. The fourth-order valence-electron chi connectivity index (χ4n) is 1.50. The minimum Gasteiger partial charge on any atom is -0.437 e. The zero-order valence-corrected chi connectivity index (χ0v) is 13.7. The van der Waals surface area contributed by atoms with Gasteiger partial charge in [0.15, 0.2) is 0 Å². The summed E-state index contributed by atoms with van der Waals surface area (Å²) in [4.78, 5) is 8.53. The van der Waals surface area contributed by atoms with Crippen LogP contribution in [0.3, 0.4) is 0 Å². The summed E-state index contributed by atoms with van der Waals surface area (Å²) in [7, 11) is 0. The van der Waals surface area contributed by atoms with E-state index in [1.165, 1.54) is 0 Å².